The standard InChI is InChI=1S/C15H23NO2S/c1-3-4-12-9-13(19-11(12)2)14(18)16-10-15(5-6-15)7-8-17/h9,17H,3-8,10H2,1-2H3,(H,16,18). The lowest BCUT2D eigenvalue weighted by atomic mass is 10.0. The van der Waals surface area contributed by atoms with Crippen molar-refractivity contribution in [2.24, 2.45) is 5.41 Å². The van der Waals surface area contributed by atoms with Crippen molar-refractivity contribution in [3.63, 3.8) is 0 Å². The summed E-state index contributed by atoms with van der Waals surface area (Å²) in [5.74, 6) is 0.0414. The molecule has 2 rings (SSSR count). The van der Waals surface area contributed by atoms with Gasteiger partial charge in [0.2, 0.25) is 0 Å². The van der Waals surface area contributed by atoms with Crippen molar-refractivity contribution < 1.29 is 9.90 Å². The van der Waals surface area contributed by atoms with E-state index in [-0.39, 0.29) is 17.9 Å². The monoisotopic (exact) mass is 281 g/mol. The summed E-state index contributed by atoms with van der Waals surface area (Å²) in [6, 6.07) is 2.03. The van der Waals surface area contributed by atoms with Gasteiger partial charge >= 0.3 is 0 Å². The predicted octanol–water partition coefficient (Wildman–Crippen LogP) is 2.90. The van der Waals surface area contributed by atoms with E-state index in [0.717, 1.165) is 37.0 Å². The Morgan fingerprint density at radius 3 is 2.84 bits per heavy atom. The van der Waals surface area contributed by atoms with Crippen LogP contribution in [0, 0.1) is 12.3 Å². The van der Waals surface area contributed by atoms with Crippen LogP contribution in [0.2, 0.25) is 0 Å². The molecule has 2 N–H and O–H groups in total. The smallest absolute Gasteiger partial charge is 0.261 e. The van der Waals surface area contributed by atoms with Gasteiger partial charge in [0.1, 0.15) is 0 Å². The zero-order chi connectivity index (χ0) is 13.9. The second-order valence-corrected chi connectivity index (χ2v) is 6.85. The van der Waals surface area contributed by atoms with Gasteiger partial charge in [-0.15, -0.1) is 11.3 Å². The van der Waals surface area contributed by atoms with Crippen LogP contribution in [0.1, 0.15) is 52.7 Å². The molecule has 1 heterocycles. The van der Waals surface area contributed by atoms with E-state index >= 15 is 0 Å². The van der Waals surface area contributed by atoms with Gasteiger partial charge in [-0.05, 0) is 49.7 Å². The van der Waals surface area contributed by atoms with E-state index in [4.69, 9.17) is 5.11 Å². The van der Waals surface area contributed by atoms with Crippen LogP contribution in [-0.2, 0) is 6.42 Å². The van der Waals surface area contributed by atoms with Crippen molar-refractivity contribution >= 4 is 17.2 Å². The second kappa shape index (κ2) is 6.06. The lowest BCUT2D eigenvalue weighted by Gasteiger charge is -2.13. The number of carbonyl (C=O) groups is 1. The van der Waals surface area contributed by atoms with Crippen LogP contribution in [0.5, 0.6) is 0 Å². The van der Waals surface area contributed by atoms with E-state index in [9.17, 15) is 4.79 Å². The zero-order valence-corrected chi connectivity index (χ0v) is 12.6. The van der Waals surface area contributed by atoms with Gasteiger partial charge in [-0.1, -0.05) is 13.3 Å². The van der Waals surface area contributed by atoms with E-state index in [1.165, 1.54) is 10.4 Å². The van der Waals surface area contributed by atoms with Crippen LogP contribution in [0.3, 0.4) is 0 Å². The van der Waals surface area contributed by atoms with Crippen molar-refractivity contribution in [3.05, 3.63) is 21.4 Å². The predicted molar refractivity (Wildman–Crippen MR) is 78.8 cm³/mol. The molecule has 1 aromatic rings. The molecule has 3 nitrogen and oxygen atoms in total. The van der Waals surface area contributed by atoms with Gasteiger partial charge < -0.3 is 10.4 Å². The summed E-state index contributed by atoms with van der Waals surface area (Å²) in [5.41, 5.74) is 1.48. The number of aliphatic hydroxyl groups is 1. The fourth-order valence-corrected chi connectivity index (χ4v) is 3.42. The molecule has 0 aliphatic heterocycles. The molecule has 1 aliphatic carbocycles. The summed E-state index contributed by atoms with van der Waals surface area (Å²) in [6.45, 7) is 5.16. The molecule has 0 bridgehead atoms. The molecule has 1 aromatic heterocycles. The molecule has 0 saturated heterocycles. The lowest BCUT2D eigenvalue weighted by Crippen LogP contribution is -2.30. The molecule has 0 unspecified atom stereocenters. The molecule has 4 heteroatoms. The third-order valence-electron chi connectivity index (χ3n) is 3.99. The fourth-order valence-electron chi connectivity index (χ4n) is 2.43. The van der Waals surface area contributed by atoms with Crippen LogP contribution in [0.4, 0.5) is 0 Å². The minimum Gasteiger partial charge on any atom is -0.396 e. The highest BCUT2D eigenvalue weighted by Crippen LogP contribution is 2.47. The van der Waals surface area contributed by atoms with Crippen molar-refractivity contribution in [2.45, 2.75) is 46.0 Å². The summed E-state index contributed by atoms with van der Waals surface area (Å²) in [5, 5.41) is 12.0. The Hall–Kier alpha value is -0.870. The van der Waals surface area contributed by atoms with Gasteiger partial charge in [0.25, 0.3) is 5.91 Å². The third-order valence-corrected chi connectivity index (χ3v) is 5.08. The van der Waals surface area contributed by atoms with Crippen LogP contribution in [-0.4, -0.2) is 24.2 Å². The number of carbonyl (C=O) groups excluding carboxylic acids is 1. The topological polar surface area (TPSA) is 49.3 Å². The van der Waals surface area contributed by atoms with Crippen molar-refractivity contribution in [2.75, 3.05) is 13.2 Å². The highest BCUT2D eigenvalue weighted by molar-refractivity contribution is 7.14. The number of hydrogen-bond acceptors (Lipinski definition) is 3. The minimum atomic E-state index is 0.0414. The Morgan fingerprint density at radius 2 is 2.26 bits per heavy atom. The quantitative estimate of drug-likeness (QED) is 0.807. The Bertz CT molecular complexity index is 449. The lowest BCUT2D eigenvalue weighted by molar-refractivity contribution is 0.0945. The summed E-state index contributed by atoms with van der Waals surface area (Å²) in [4.78, 5) is 14.2. The Kier molecular flexibility index (Phi) is 4.63. The minimum absolute atomic E-state index is 0.0414. The van der Waals surface area contributed by atoms with Gasteiger partial charge in [0.05, 0.1) is 4.88 Å². The van der Waals surface area contributed by atoms with Crippen molar-refractivity contribution in [3.8, 4) is 0 Å². The number of thiophene rings is 1. The van der Waals surface area contributed by atoms with Gasteiger partial charge in [0.15, 0.2) is 0 Å². The largest absolute Gasteiger partial charge is 0.396 e. The first-order valence-corrected chi connectivity index (χ1v) is 7.90. The number of rotatable bonds is 7. The molecule has 0 aromatic carbocycles. The van der Waals surface area contributed by atoms with E-state index < -0.39 is 0 Å². The number of aryl methyl sites for hydroxylation is 2. The summed E-state index contributed by atoms with van der Waals surface area (Å²) in [6.07, 6.45) is 5.21. The molecule has 19 heavy (non-hydrogen) atoms. The Morgan fingerprint density at radius 1 is 1.53 bits per heavy atom. The summed E-state index contributed by atoms with van der Waals surface area (Å²) < 4.78 is 0. The van der Waals surface area contributed by atoms with E-state index in [1.54, 1.807) is 11.3 Å². The fraction of sp³-hybridized carbons (Fsp3) is 0.667. The number of hydrogen-bond donors (Lipinski definition) is 2. The molecule has 1 amide bonds. The van der Waals surface area contributed by atoms with Crippen molar-refractivity contribution in [1.29, 1.82) is 0 Å². The van der Waals surface area contributed by atoms with Gasteiger partial charge in [-0.25, -0.2) is 0 Å². The normalized spacial score (nSPS) is 16.4. The number of aliphatic hydroxyl groups excluding tert-OH is 1. The Balaban J connectivity index is 1.91. The van der Waals surface area contributed by atoms with Crippen molar-refractivity contribution in [1.82, 2.24) is 5.32 Å². The van der Waals surface area contributed by atoms with Crippen LogP contribution < -0.4 is 5.32 Å². The van der Waals surface area contributed by atoms with E-state index in [1.807, 2.05) is 6.07 Å². The molecular weight excluding hydrogens is 258 g/mol. The van der Waals surface area contributed by atoms with Gasteiger partial charge in [0, 0.05) is 18.0 Å². The van der Waals surface area contributed by atoms with E-state index in [2.05, 4.69) is 19.2 Å². The summed E-state index contributed by atoms with van der Waals surface area (Å²) in [7, 11) is 0. The molecule has 1 saturated carbocycles. The molecule has 1 fully saturated rings. The second-order valence-electron chi connectivity index (χ2n) is 5.60. The average molecular weight is 281 g/mol. The molecule has 0 atom stereocenters. The zero-order valence-electron chi connectivity index (χ0n) is 11.8. The van der Waals surface area contributed by atoms with Crippen LogP contribution >= 0.6 is 11.3 Å². The summed E-state index contributed by atoms with van der Waals surface area (Å²) >= 11 is 1.59. The molecule has 0 radical (unpaired) electrons. The van der Waals surface area contributed by atoms with Crippen LogP contribution in [0.25, 0.3) is 0 Å². The SMILES string of the molecule is CCCc1cc(C(=O)NCC2(CCO)CC2)sc1C. The average Bonchev–Trinajstić information content (AvgIpc) is 3.05. The molecule has 106 valence electrons. The molecule has 0 spiro atoms. The molecule has 1 aliphatic rings. The Labute approximate surface area is 119 Å². The highest BCUT2D eigenvalue weighted by atomic mass is 32.1. The van der Waals surface area contributed by atoms with E-state index in [0.29, 0.717) is 6.54 Å². The number of amides is 1. The first-order chi connectivity index (χ1) is 9.10. The first kappa shape index (κ1) is 14.5. The van der Waals surface area contributed by atoms with Crippen LogP contribution in [0.15, 0.2) is 6.07 Å². The van der Waals surface area contributed by atoms with Gasteiger partial charge in [-0.2, -0.15) is 0 Å². The van der Waals surface area contributed by atoms with Gasteiger partial charge in [-0.3, -0.25) is 4.79 Å². The molecular formula is C15H23NO2S. The number of nitrogens with one attached hydrogen (secondary N) is 1. The highest BCUT2D eigenvalue weighted by Gasteiger charge is 2.41. The maximum atomic E-state index is 12.1. The third kappa shape index (κ3) is 3.57. The maximum absolute atomic E-state index is 12.1. The maximum Gasteiger partial charge on any atom is 0.261 e. The first-order valence-electron chi connectivity index (χ1n) is 7.08.